The summed E-state index contributed by atoms with van der Waals surface area (Å²) in [6.07, 6.45) is 2.43. The summed E-state index contributed by atoms with van der Waals surface area (Å²) in [7, 11) is 0. The first kappa shape index (κ1) is 20.4. The maximum Gasteiger partial charge on any atom is 0.339 e. The zero-order valence-corrected chi connectivity index (χ0v) is 13.1. The van der Waals surface area contributed by atoms with Crippen LogP contribution in [0.5, 0.6) is 0 Å². The van der Waals surface area contributed by atoms with Crippen molar-refractivity contribution in [2.24, 2.45) is 5.73 Å². The van der Waals surface area contributed by atoms with Gasteiger partial charge in [-0.2, -0.15) is 0 Å². The zero-order chi connectivity index (χ0) is 16.3. The summed E-state index contributed by atoms with van der Waals surface area (Å²) >= 11 is 0. The monoisotopic (exact) mass is 282 g/mol. The van der Waals surface area contributed by atoms with E-state index in [9.17, 15) is 9.90 Å². The number of nitrogens with two attached hydrogens (primary N) is 1. The minimum absolute atomic E-state index is 0.0673. The lowest BCUT2D eigenvalue weighted by atomic mass is 10.00. The Kier molecular flexibility index (Phi) is 10.2. The van der Waals surface area contributed by atoms with E-state index in [4.69, 9.17) is 10.8 Å². The second-order valence-corrected chi connectivity index (χ2v) is 3.88. The van der Waals surface area contributed by atoms with Gasteiger partial charge in [0.15, 0.2) is 0 Å². The lowest BCUT2D eigenvalue weighted by Gasteiger charge is -2.17. The smallest absolute Gasteiger partial charge is 0.339 e. The van der Waals surface area contributed by atoms with Crippen LogP contribution in [-0.4, -0.2) is 21.2 Å². The number of aromatic nitrogens is 1. The fourth-order valence-corrected chi connectivity index (χ4v) is 1.18. The zero-order valence-electron chi connectivity index (χ0n) is 13.1. The van der Waals surface area contributed by atoms with Crippen LogP contribution in [0.4, 0.5) is 0 Å². The second kappa shape index (κ2) is 9.97. The lowest BCUT2D eigenvalue weighted by Crippen LogP contribution is -2.16. The molecule has 0 amide bonds. The number of hydrogen-bond donors (Lipinski definition) is 3. The molecular formula is C15H26N2O3. The summed E-state index contributed by atoms with van der Waals surface area (Å²) in [4.78, 5) is 14.7. The molecule has 0 saturated heterocycles. The molecule has 0 spiro atoms. The molecule has 0 aromatic carbocycles. The molecule has 4 N–H and O–H groups in total. The molecule has 0 aliphatic heterocycles. The van der Waals surface area contributed by atoms with Gasteiger partial charge in [-0.05, 0) is 19.9 Å². The van der Waals surface area contributed by atoms with Crippen LogP contribution in [0.2, 0.25) is 0 Å². The predicted molar refractivity (Wildman–Crippen MR) is 82.0 cm³/mol. The topological polar surface area (TPSA) is 96.4 Å². The highest BCUT2D eigenvalue weighted by Gasteiger charge is 2.17. The second-order valence-electron chi connectivity index (χ2n) is 3.88. The average Bonchev–Trinajstić information content (AvgIpc) is 2.43. The molecule has 20 heavy (non-hydrogen) atoms. The Bertz CT molecular complexity index is 418. The molecule has 0 bridgehead atoms. The van der Waals surface area contributed by atoms with E-state index in [1.165, 1.54) is 12.3 Å². The molecule has 0 atom stereocenters. The van der Waals surface area contributed by atoms with Crippen molar-refractivity contribution in [2.75, 3.05) is 0 Å². The third-order valence-electron chi connectivity index (χ3n) is 2.14. The van der Waals surface area contributed by atoms with Gasteiger partial charge in [0.25, 0.3) is 0 Å². The Morgan fingerprint density at radius 1 is 1.25 bits per heavy atom. The minimum Gasteiger partial charge on any atom is -0.478 e. The first-order valence-corrected chi connectivity index (χ1v) is 6.70. The highest BCUT2D eigenvalue weighted by molar-refractivity contribution is 6.14. The van der Waals surface area contributed by atoms with E-state index in [0.717, 1.165) is 6.20 Å². The van der Waals surface area contributed by atoms with Gasteiger partial charge in [-0.1, -0.05) is 33.8 Å². The molecule has 0 unspecified atom stereocenters. The number of carboxylic acid groups (broad SMARTS) is 1. The van der Waals surface area contributed by atoms with Crippen LogP contribution in [0, 0.1) is 0 Å². The number of aliphatic carboxylic acids is 1. The van der Waals surface area contributed by atoms with Crippen LogP contribution in [0.3, 0.4) is 0 Å². The largest absolute Gasteiger partial charge is 0.478 e. The number of carbonyl (C=O) groups is 1. The molecule has 0 saturated carbocycles. The van der Waals surface area contributed by atoms with Crippen molar-refractivity contribution >= 4 is 11.5 Å². The quantitative estimate of drug-likeness (QED) is 0.741. The van der Waals surface area contributed by atoms with Crippen molar-refractivity contribution in [2.45, 2.75) is 47.1 Å². The van der Waals surface area contributed by atoms with E-state index in [2.05, 4.69) is 4.98 Å². The normalized spacial score (nSPS) is 10.7. The number of carboxylic acids is 1. The summed E-state index contributed by atoms with van der Waals surface area (Å²) in [6.45, 7) is 11.3. The molecule has 0 radical (unpaired) electrons. The van der Waals surface area contributed by atoms with Crippen LogP contribution < -0.4 is 5.73 Å². The van der Waals surface area contributed by atoms with Gasteiger partial charge >= 0.3 is 5.97 Å². The standard InChI is InChI=1S/C11H14N2O3.2C2H6/c1-11(2,16)7-3-4-9(13-6-7)8(5-12)10(14)15;2*1-2/h3-6,16H,12H2,1-2H3,(H,14,15);2*1-2H3/b8-5+;;. The van der Waals surface area contributed by atoms with Gasteiger partial charge in [0, 0.05) is 18.0 Å². The van der Waals surface area contributed by atoms with Crippen LogP contribution >= 0.6 is 0 Å². The van der Waals surface area contributed by atoms with Crippen molar-refractivity contribution in [3.63, 3.8) is 0 Å². The maximum atomic E-state index is 10.8. The highest BCUT2D eigenvalue weighted by atomic mass is 16.4. The Labute approximate surface area is 121 Å². The van der Waals surface area contributed by atoms with Crippen LogP contribution in [0.1, 0.15) is 52.8 Å². The molecule has 0 aliphatic rings. The number of rotatable bonds is 3. The lowest BCUT2D eigenvalue weighted by molar-refractivity contribution is -0.130. The van der Waals surface area contributed by atoms with Gasteiger partial charge in [-0.3, -0.25) is 4.98 Å². The van der Waals surface area contributed by atoms with Gasteiger partial charge in [0.1, 0.15) is 5.57 Å². The molecule has 1 aromatic heterocycles. The molecular weight excluding hydrogens is 256 g/mol. The van der Waals surface area contributed by atoms with E-state index in [1.807, 2.05) is 27.7 Å². The molecule has 1 aromatic rings. The van der Waals surface area contributed by atoms with Gasteiger partial charge in [0.05, 0.1) is 11.3 Å². The fourth-order valence-electron chi connectivity index (χ4n) is 1.18. The van der Waals surface area contributed by atoms with E-state index >= 15 is 0 Å². The maximum absolute atomic E-state index is 10.8. The van der Waals surface area contributed by atoms with Crippen molar-refractivity contribution in [1.29, 1.82) is 0 Å². The summed E-state index contributed by atoms with van der Waals surface area (Å²) in [5.41, 5.74) is 5.01. The van der Waals surface area contributed by atoms with Crippen LogP contribution in [0.25, 0.3) is 5.57 Å². The number of pyridine rings is 1. The van der Waals surface area contributed by atoms with Crippen molar-refractivity contribution < 1.29 is 15.0 Å². The van der Waals surface area contributed by atoms with Crippen molar-refractivity contribution in [3.05, 3.63) is 35.8 Å². The van der Waals surface area contributed by atoms with E-state index in [-0.39, 0.29) is 11.3 Å². The third-order valence-corrected chi connectivity index (χ3v) is 2.14. The third kappa shape index (κ3) is 6.33. The van der Waals surface area contributed by atoms with Crippen LogP contribution in [0.15, 0.2) is 24.5 Å². The summed E-state index contributed by atoms with van der Waals surface area (Å²) < 4.78 is 0. The Morgan fingerprint density at radius 2 is 1.75 bits per heavy atom. The fraction of sp³-hybridized carbons (Fsp3) is 0.467. The number of nitrogens with zero attached hydrogens (tertiary/aromatic N) is 1. The van der Waals surface area contributed by atoms with Gasteiger partial charge in [-0.15, -0.1) is 0 Å². The molecule has 114 valence electrons. The molecule has 0 aliphatic carbocycles. The van der Waals surface area contributed by atoms with Crippen LogP contribution in [-0.2, 0) is 10.4 Å². The van der Waals surface area contributed by atoms with E-state index < -0.39 is 11.6 Å². The van der Waals surface area contributed by atoms with E-state index in [0.29, 0.717) is 5.56 Å². The Hall–Kier alpha value is -1.88. The molecule has 5 nitrogen and oxygen atoms in total. The number of hydrogen-bond acceptors (Lipinski definition) is 4. The van der Waals surface area contributed by atoms with Gasteiger partial charge in [0.2, 0.25) is 0 Å². The van der Waals surface area contributed by atoms with Gasteiger partial charge < -0.3 is 15.9 Å². The number of aliphatic hydroxyl groups is 1. The highest BCUT2D eigenvalue weighted by Crippen LogP contribution is 2.20. The van der Waals surface area contributed by atoms with Crippen molar-refractivity contribution in [3.8, 4) is 0 Å². The minimum atomic E-state index is -1.13. The van der Waals surface area contributed by atoms with Gasteiger partial charge in [-0.25, -0.2) is 4.79 Å². The summed E-state index contributed by atoms with van der Waals surface area (Å²) in [5, 5.41) is 18.5. The Morgan fingerprint density at radius 3 is 2.00 bits per heavy atom. The molecule has 1 rings (SSSR count). The molecule has 1 heterocycles. The summed E-state index contributed by atoms with van der Waals surface area (Å²) in [6, 6.07) is 3.13. The molecule has 0 fully saturated rings. The first-order valence-electron chi connectivity index (χ1n) is 6.70. The summed E-state index contributed by atoms with van der Waals surface area (Å²) in [5.74, 6) is -1.13. The average molecular weight is 282 g/mol. The predicted octanol–water partition coefficient (Wildman–Crippen LogP) is 2.75. The SMILES string of the molecule is CC.CC.CC(C)(O)c1ccc(/C(=C\N)C(=O)O)nc1. The van der Waals surface area contributed by atoms with Crippen molar-refractivity contribution in [1.82, 2.24) is 4.98 Å². The van der Waals surface area contributed by atoms with E-state index in [1.54, 1.807) is 19.9 Å². The first-order chi connectivity index (χ1) is 9.36. The Balaban J connectivity index is 0. The molecule has 5 heteroatoms.